The van der Waals surface area contributed by atoms with E-state index in [1.165, 1.54) is 16.7 Å². The zero-order chi connectivity index (χ0) is 24.2. The molecule has 0 saturated carbocycles. The molecule has 2 heterocycles. The molecule has 1 aliphatic heterocycles. The van der Waals surface area contributed by atoms with Gasteiger partial charge < -0.3 is 9.47 Å². The van der Waals surface area contributed by atoms with Crippen molar-refractivity contribution in [2.75, 3.05) is 6.54 Å². The van der Waals surface area contributed by atoms with Crippen molar-refractivity contribution >= 4 is 16.9 Å². The van der Waals surface area contributed by atoms with Gasteiger partial charge in [0, 0.05) is 19.2 Å². The van der Waals surface area contributed by atoms with Crippen LogP contribution in [0.15, 0.2) is 54.6 Å². The molecule has 34 heavy (non-hydrogen) atoms. The van der Waals surface area contributed by atoms with Crippen molar-refractivity contribution in [3.63, 3.8) is 0 Å². The number of rotatable bonds is 3. The number of carbonyl (C=O) groups excluding carboxylic acids is 1. The molecule has 1 saturated heterocycles. The molecule has 1 atom stereocenters. The van der Waals surface area contributed by atoms with Gasteiger partial charge in [-0.25, -0.2) is 4.98 Å². The summed E-state index contributed by atoms with van der Waals surface area (Å²) in [7, 11) is 2.08. The molecule has 0 unspecified atom stereocenters. The number of hydrogen-bond donors (Lipinski definition) is 0. The molecular weight excluding hydrogens is 418 g/mol. The third-order valence-corrected chi connectivity index (χ3v) is 7.60. The molecule has 4 nitrogen and oxygen atoms in total. The monoisotopic (exact) mass is 451 g/mol. The molecule has 1 fully saturated rings. The molecule has 0 aliphatic carbocycles. The standard InChI is InChI=1S/C30H33N3O/c1-19-9-7-10-23(15-19)24-12-11-20(2)16-25(24)28(34)33-14-8-13-30(33,5)29-31-26-17-21(3)22(4)18-27(26)32(29)6/h7,9-12,15-18H,8,13-14H2,1-6H3/t30-/m0/s1. The number of aromatic nitrogens is 2. The van der Waals surface area contributed by atoms with E-state index >= 15 is 0 Å². The van der Waals surface area contributed by atoms with Crippen LogP contribution in [0.25, 0.3) is 22.2 Å². The van der Waals surface area contributed by atoms with Gasteiger partial charge in [0.25, 0.3) is 5.91 Å². The second-order valence-corrected chi connectivity index (χ2v) is 10.2. The molecule has 5 rings (SSSR count). The fraction of sp³-hybridized carbons (Fsp3) is 0.333. The van der Waals surface area contributed by atoms with Crippen molar-refractivity contribution in [1.82, 2.24) is 14.5 Å². The molecule has 4 heteroatoms. The van der Waals surface area contributed by atoms with E-state index < -0.39 is 5.54 Å². The van der Waals surface area contributed by atoms with E-state index in [2.05, 4.69) is 99.7 Å². The fourth-order valence-electron chi connectivity index (χ4n) is 5.49. The van der Waals surface area contributed by atoms with Crippen LogP contribution in [0.1, 0.15) is 58.2 Å². The van der Waals surface area contributed by atoms with Crippen molar-refractivity contribution in [1.29, 1.82) is 0 Å². The van der Waals surface area contributed by atoms with Gasteiger partial charge in [-0.2, -0.15) is 0 Å². The van der Waals surface area contributed by atoms with Crippen LogP contribution in [0, 0.1) is 27.7 Å². The van der Waals surface area contributed by atoms with Gasteiger partial charge in [0.05, 0.1) is 16.6 Å². The Morgan fingerprint density at radius 1 is 0.941 bits per heavy atom. The number of likely N-dealkylation sites (tertiary alicyclic amines) is 1. The van der Waals surface area contributed by atoms with Crippen molar-refractivity contribution < 1.29 is 4.79 Å². The Balaban J connectivity index is 1.62. The van der Waals surface area contributed by atoms with Gasteiger partial charge in [0.2, 0.25) is 0 Å². The molecule has 0 bridgehead atoms. The van der Waals surface area contributed by atoms with E-state index in [1.54, 1.807) is 0 Å². The van der Waals surface area contributed by atoms with Gasteiger partial charge in [0.15, 0.2) is 0 Å². The number of aryl methyl sites for hydroxylation is 5. The highest BCUT2D eigenvalue weighted by molar-refractivity contribution is 6.01. The Kier molecular flexibility index (Phi) is 5.35. The van der Waals surface area contributed by atoms with Crippen LogP contribution in [0.2, 0.25) is 0 Å². The number of nitrogens with zero attached hydrogens (tertiary/aromatic N) is 3. The normalized spacial score (nSPS) is 18.1. The Morgan fingerprint density at radius 3 is 2.44 bits per heavy atom. The molecule has 0 radical (unpaired) electrons. The van der Waals surface area contributed by atoms with Crippen molar-refractivity contribution in [2.45, 2.75) is 53.0 Å². The third-order valence-electron chi connectivity index (χ3n) is 7.60. The minimum atomic E-state index is -0.458. The first-order valence-corrected chi connectivity index (χ1v) is 12.1. The third kappa shape index (κ3) is 3.53. The summed E-state index contributed by atoms with van der Waals surface area (Å²) >= 11 is 0. The van der Waals surface area contributed by atoms with Crippen LogP contribution in [0.3, 0.4) is 0 Å². The summed E-state index contributed by atoms with van der Waals surface area (Å²) in [6.07, 6.45) is 1.87. The lowest BCUT2D eigenvalue weighted by Gasteiger charge is -2.35. The van der Waals surface area contributed by atoms with E-state index in [9.17, 15) is 4.79 Å². The highest BCUT2D eigenvalue weighted by Gasteiger charge is 2.45. The molecule has 1 aromatic heterocycles. The lowest BCUT2D eigenvalue weighted by atomic mass is 9.93. The maximum Gasteiger partial charge on any atom is 0.255 e. The number of amides is 1. The maximum atomic E-state index is 14.2. The smallest absolute Gasteiger partial charge is 0.255 e. The lowest BCUT2D eigenvalue weighted by molar-refractivity contribution is 0.0601. The summed E-state index contributed by atoms with van der Waals surface area (Å²) in [4.78, 5) is 21.3. The highest BCUT2D eigenvalue weighted by Crippen LogP contribution is 2.41. The molecule has 4 aromatic rings. The molecule has 0 N–H and O–H groups in total. The van der Waals surface area contributed by atoms with E-state index in [0.29, 0.717) is 0 Å². The summed E-state index contributed by atoms with van der Waals surface area (Å²) in [5.74, 6) is 1.04. The molecular formula is C30H33N3O. The molecule has 1 amide bonds. The van der Waals surface area contributed by atoms with Gasteiger partial charge in [-0.05, 0) is 87.9 Å². The number of benzene rings is 3. The summed E-state index contributed by atoms with van der Waals surface area (Å²) in [5, 5.41) is 0. The van der Waals surface area contributed by atoms with Gasteiger partial charge in [0.1, 0.15) is 5.82 Å². The predicted octanol–water partition coefficient (Wildman–Crippen LogP) is 6.63. The van der Waals surface area contributed by atoms with Gasteiger partial charge in [-0.1, -0.05) is 47.5 Å². The van der Waals surface area contributed by atoms with Crippen molar-refractivity contribution in [3.8, 4) is 11.1 Å². The summed E-state index contributed by atoms with van der Waals surface area (Å²) in [5.41, 5.74) is 9.28. The van der Waals surface area contributed by atoms with Gasteiger partial charge in [-0.3, -0.25) is 4.79 Å². The first-order chi connectivity index (χ1) is 16.2. The topological polar surface area (TPSA) is 38.1 Å². The zero-order valence-electron chi connectivity index (χ0n) is 21.1. The number of hydrogen-bond acceptors (Lipinski definition) is 2. The molecule has 3 aromatic carbocycles. The number of carbonyl (C=O) groups is 1. The Hall–Kier alpha value is -3.40. The predicted molar refractivity (Wildman–Crippen MR) is 139 cm³/mol. The Morgan fingerprint density at radius 2 is 1.68 bits per heavy atom. The SMILES string of the molecule is Cc1cccc(-c2ccc(C)cc2C(=O)N2CCC[C@@]2(C)c2nc3cc(C)c(C)cc3n2C)c1. The van der Waals surface area contributed by atoms with Gasteiger partial charge >= 0.3 is 0 Å². The Bertz CT molecular complexity index is 1430. The minimum Gasteiger partial charge on any atom is -0.329 e. The quantitative estimate of drug-likeness (QED) is 0.351. The van der Waals surface area contributed by atoms with Crippen LogP contribution in [-0.2, 0) is 12.6 Å². The zero-order valence-corrected chi connectivity index (χ0v) is 21.1. The number of fused-ring (bicyclic) bond motifs is 1. The second kappa shape index (κ2) is 8.12. The summed E-state index contributed by atoms with van der Waals surface area (Å²) < 4.78 is 2.19. The van der Waals surface area contributed by atoms with Crippen LogP contribution in [0.5, 0.6) is 0 Å². The van der Waals surface area contributed by atoms with Gasteiger partial charge in [-0.15, -0.1) is 0 Å². The molecule has 1 aliphatic rings. The largest absolute Gasteiger partial charge is 0.329 e. The van der Waals surface area contributed by atoms with Crippen molar-refractivity contribution in [2.24, 2.45) is 7.05 Å². The lowest BCUT2D eigenvalue weighted by Crippen LogP contribution is -2.44. The van der Waals surface area contributed by atoms with E-state index in [1.807, 2.05) is 6.07 Å². The molecule has 0 spiro atoms. The van der Waals surface area contributed by atoms with Crippen LogP contribution >= 0.6 is 0 Å². The molecule has 174 valence electrons. The van der Waals surface area contributed by atoms with Crippen molar-refractivity contribution in [3.05, 3.63) is 88.2 Å². The number of imidazole rings is 1. The van der Waals surface area contributed by atoms with E-state index in [-0.39, 0.29) is 5.91 Å². The summed E-state index contributed by atoms with van der Waals surface area (Å²) in [6, 6.07) is 19.0. The summed E-state index contributed by atoms with van der Waals surface area (Å²) in [6.45, 7) is 11.3. The van der Waals surface area contributed by atoms with Crippen LogP contribution in [0.4, 0.5) is 0 Å². The Labute approximate surface area is 202 Å². The first kappa shape index (κ1) is 22.4. The average molecular weight is 452 g/mol. The van der Waals surface area contributed by atoms with E-state index in [0.717, 1.165) is 58.5 Å². The average Bonchev–Trinajstić information content (AvgIpc) is 3.34. The highest BCUT2D eigenvalue weighted by atomic mass is 16.2. The second-order valence-electron chi connectivity index (χ2n) is 10.2. The van der Waals surface area contributed by atoms with Crippen LogP contribution in [-0.4, -0.2) is 26.9 Å². The minimum absolute atomic E-state index is 0.0830. The van der Waals surface area contributed by atoms with Crippen LogP contribution < -0.4 is 0 Å². The maximum absolute atomic E-state index is 14.2. The first-order valence-electron chi connectivity index (χ1n) is 12.1. The fourth-order valence-corrected chi connectivity index (χ4v) is 5.49. The van der Waals surface area contributed by atoms with E-state index in [4.69, 9.17) is 4.98 Å².